The first kappa shape index (κ1) is 6.61. The molecule has 0 aromatic carbocycles. The summed E-state index contributed by atoms with van der Waals surface area (Å²) in [6.07, 6.45) is 3.80. The van der Waals surface area contributed by atoms with Crippen LogP contribution in [0.1, 0.15) is 5.56 Å². The van der Waals surface area contributed by atoms with Gasteiger partial charge in [0.25, 0.3) is 0 Å². The molecule has 0 fully saturated rings. The number of hydrogen-bond acceptors (Lipinski definition) is 2. The number of aromatic amines is 1. The van der Waals surface area contributed by atoms with Gasteiger partial charge in [-0.3, -0.25) is 0 Å². The molecular formula is C8H8N2S. The summed E-state index contributed by atoms with van der Waals surface area (Å²) >= 11 is 1.65. The molecule has 0 saturated heterocycles. The summed E-state index contributed by atoms with van der Waals surface area (Å²) in [5.74, 6) is 0. The first-order valence-corrected chi connectivity index (χ1v) is 4.29. The molecular weight excluding hydrogens is 156 g/mol. The van der Waals surface area contributed by atoms with Crippen molar-refractivity contribution in [2.24, 2.45) is 0 Å². The average Bonchev–Trinajstić information content (AvgIpc) is 2.55. The fourth-order valence-electron chi connectivity index (χ4n) is 0.983. The van der Waals surface area contributed by atoms with Gasteiger partial charge in [-0.15, -0.1) is 11.3 Å². The van der Waals surface area contributed by atoms with Crippen LogP contribution in [0.3, 0.4) is 0 Å². The van der Waals surface area contributed by atoms with Crippen LogP contribution < -0.4 is 0 Å². The number of rotatable bonds is 1. The third-order valence-electron chi connectivity index (χ3n) is 1.49. The number of hydrogen-bond donors (Lipinski definition) is 1. The number of aryl methyl sites for hydroxylation is 1. The Morgan fingerprint density at radius 1 is 1.55 bits per heavy atom. The molecule has 0 atom stereocenters. The van der Waals surface area contributed by atoms with Crippen molar-refractivity contribution in [2.45, 2.75) is 6.92 Å². The topological polar surface area (TPSA) is 28.7 Å². The molecule has 0 bridgehead atoms. The van der Waals surface area contributed by atoms with E-state index in [0.29, 0.717) is 0 Å². The van der Waals surface area contributed by atoms with E-state index in [1.54, 1.807) is 11.3 Å². The SMILES string of the molecule is Cc1c[nH]c(-c2nccs2)c1. The first-order valence-electron chi connectivity index (χ1n) is 3.41. The Morgan fingerprint density at radius 3 is 3.00 bits per heavy atom. The van der Waals surface area contributed by atoms with E-state index in [2.05, 4.69) is 23.0 Å². The van der Waals surface area contributed by atoms with Crippen molar-refractivity contribution in [3.63, 3.8) is 0 Å². The number of nitrogens with one attached hydrogen (secondary N) is 1. The highest BCUT2D eigenvalue weighted by molar-refractivity contribution is 7.13. The lowest BCUT2D eigenvalue weighted by Gasteiger charge is -1.85. The van der Waals surface area contributed by atoms with Gasteiger partial charge in [0.1, 0.15) is 5.01 Å². The predicted octanol–water partition coefficient (Wildman–Crippen LogP) is 2.45. The van der Waals surface area contributed by atoms with E-state index in [4.69, 9.17) is 0 Å². The molecule has 0 unspecified atom stereocenters. The van der Waals surface area contributed by atoms with Crippen LogP contribution in [0.2, 0.25) is 0 Å². The number of H-pyrrole nitrogens is 1. The number of aromatic nitrogens is 2. The van der Waals surface area contributed by atoms with Crippen LogP contribution in [0.15, 0.2) is 23.8 Å². The number of thiazole rings is 1. The lowest BCUT2D eigenvalue weighted by molar-refractivity contribution is 1.34. The van der Waals surface area contributed by atoms with Crippen molar-refractivity contribution >= 4 is 11.3 Å². The van der Waals surface area contributed by atoms with Crippen LogP contribution in [0, 0.1) is 6.92 Å². The smallest absolute Gasteiger partial charge is 0.139 e. The molecule has 0 saturated carbocycles. The van der Waals surface area contributed by atoms with Crippen molar-refractivity contribution in [3.8, 4) is 10.7 Å². The minimum Gasteiger partial charge on any atom is -0.359 e. The average molecular weight is 164 g/mol. The lowest BCUT2D eigenvalue weighted by atomic mass is 10.3. The molecule has 11 heavy (non-hydrogen) atoms. The van der Waals surface area contributed by atoms with Crippen molar-refractivity contribution in [3.05, 3.63) is 29.4 Å². The zero-order valence-electron chi connectivity index (χ0n) is 6.16. The standard InChI is InChI=1S/C8H8N2S/c1-6-4-7(10-5-6)8-9-2-3-11-8/h2-5,10H,1H3. The van der Waals surface area contributed by atoms with E-state index < -0.39 is 0 Å². The number of nitrogens with zero attached hydrogens (tertiary/aromatic N) is 1. The Labute approximate surface area is 68.9 Å². The Hall–Kier alpha value is -1.09. The van der Waals surface area contributed by atoms with Crippen molar-refractivity contribution in [2.75, 3.05) is 0 Å². The molecule has 1 N–H and O–H groups in total. The molecule has 56 valence electrons. The van der Waals surface area contributed by atoms with Crippen LogP contribution in [0.4, 0.5) is 0 Å². The van der Waals surface area contributed by atoms with E-state index in [1.807, 2.05) is 17.8 Å². The Balaban J connectivity index is 2.45. The van der Waals surface area contributed by atoms with Crippen molar-refractivity contribution in [1.82, 2.24) is 9.97 Å². The van der Waals surface area contributed by atoms with Crippen LogP contribution in [0.5, 0.6) is 0 Å². The highest BCUT2D eigenvalue weighted by atomic mass is 32.1. The van der Waals surface area contributed by atoms with Crippen molar-refractivity contribution in [1.29, 1.82) is 0 Å². The molecule has 0 aliphatic heterocycles. The second kappa shape index (κ2) is 2.51. The third-order valence-corrected chi connectivity index (χ3v) is 2.30. The van der Waals surface area contributed by atoms with Gasteiger partial charge in [0.2, 0.25) is 0 Å². The van der Waals surface area contributed by atoms with Gasteiger partial charge in [0.05, 0.1) is 5.69 Å². The third kappa shape index (κ3) is 1.19. The van der Waals surface area contributed by atoms with E-state index in [-0.39, 0.29) is 0 Å². The molecule has 0 aliphatic rings. The quantitative estimate of drug-likeness (QED) is 0.689. The minimum absolute atomic E-state index is 1.05. The normalized spacial score (nSPS) is 10.3. The molecule has 0 spiro atoms. The van der Waals surface area contributed by atoms with E-state index >= 15 is 0 Å². The van der Waals surface area contributed by atoms with Gasteiger partial charge in [0, 0.05) is 17.8 Å². The molecule has 2 aromatic heterocycles. The van der Waals surface area contributed by atoms with Gasteiger partial charge < -0.3 is 4.98 Å². The maximum atomic E-state index is 4.19. The highest BCUT2D eigenvalue weighted by Crippen LogP contribution is 2.20. The fraction of sp³-hybridized carbons (Fsp3) is 0.125. The summed E-state index contributed by atoms with van der Waals surface area (Å²) in [5, 5.41) is 3.03. The van der Waals surface area contributed by atoms with Gasteiger partial charge in [0.15, 0.2) is 0 Å². The minimum atomic E-state index is 1.05. The fourth-order valence-corrected chi connectivity index (χ4v) is 1.60. The summed E-state index contributed by atoms with van der Waals surface area (Å²) in [6.45, 7) is 2.06. The van der Waals surface area contributed by atoms with Gasteiger partial charge in [-0.2, -0.15) is 0 Å². The Kier molecular flexibility index (Phi) is 1.51. The maximum Gasteiger partial charge on any atom is 0.139 e. The van der Waals surface area contributed by atoms with Crippen LogP contribution >= 0.6 is 11.3 Å². The summed E-state index contributed by atoms with van der Waals surface area (Å²) in [7, 11) is 0. The van der Waals surface area contributed by atoms with Crippen LogP contribution in [0.25, 0.3) is 10.7 Å². The molecule has 0 radical (unpaired) electrons. The summed E-state index contributed by atoms with van der Waals surface area (Å²) < 4.78 is 0. The molecule has 0 aliphatic carbocycles. The van der Waals surface area contributed by atoms with Crippen molar-refractivity contribution < 1.29 is 0 Å². The largest absolute Gasteiger partial charge is 0.359 e. The molecule has 2 aromatic rings. The monoisotopic (exact) mass is 164 g/mol. The van der Waals surface area contributed by atoms with Gasteiger partial charge in [-0.05, 0) is 18.6 Å². The molecule has 2 nitrogen and oxygen atoms in total. The van der Waals surface area contributed by atoms with E-state index in [1.165, 1.54) is 5.56 Å². The molecule has 3 heteroatoms. The molecule has 0 amide bonds. The Morgan fingerprint density at radius 2 is 2.45 bits per heavy atom. The maximum absolute atomic E-state index is 4.19. The highest BCUT2D eigenvalue weighted by Gasteiger charge is 2.00. The van der Waals surface area contributed by atoms with E-state index in [9.17, 15) is 0 Å². The van der Waals surface area contributed by atoms with Gasteiger partial charge in [-0.25, -0.2) is 4.98 Å². The molecule has 2 heterocycles. The second-order valence-corrected chi connectivity index (χ2v) is 3.32. The lowest BCUT2D eigenvalue weighted by Crippen LogP contribution is -1.71. The summed E-state index contributed by atoms with van der Waals surface area (Å²) in [4.78, 5) is 7.34. The zero-order valence-corrected chi connectivity index (χ0v) is 6.98. The second-order valence-electron chi connectivity index (χ2n) is 2.43. The van der Waals surface area contributed by atoms with Crippen LogP contribution in [-0.2, 0) is 0 Å². The van der Waals surface area contributed by atoms with Gasteiger partial charge in [-0.1, -0.05) is 0 Å². The molecule has 2 rings (SSSR count). The summed E-state index contributed by atoms with van der Waals surface area (Å²) in [6, 6.07) is 2.10. The first-order chi connectivity index (χ1) is 5.36. The predicted molar refractivity (Wildman–Crippen MR) is 46.6 cm³/mol. The van der Waals surface area contributed by atoms with Gasteiger partial charge >= 0.3 is 0 Å². The van der Waals surface area contributed by atoms with Crippen LogP contribution in [-0.4, -0.2) is 9.97 Å². The zero-order chi connectivity index (χ0) is 7.68. The summed E-state index contributed by atoms with van der Waals surface area (Å²) in [5.41, 5.74) is 2.35. The van der Waals surface area contributed by atoms with E-state index in [0.717, 1.165) is 10.7 Å². The Bertz CT molecular complexity index is 335.